The van der Waals surface area contributed by atoms with Crippen LogP contribution in [-0.4, -0.2) is 17.3 Å². The molecule has 0 heterocycles. The van der Waals surface area contributed by atoms with Crippen molar-refractivity contribution in [3.8, 4) is 23.0 Å². The van der Waals surface area contributed by atoms with Crippen molar-refractivity contribution in [2.75, 3.05) is 5.75 Å². The molecule has 0 N–H and O–H groups in total. The van der Waals surface area contributed by atoms with E-state index in [1.807, 2.05) is 97.1 Å². The predicted molar refractivity (Wildman–Crippen MR) is 193 cm³/mol. The van der Waals surface area contributed by atoms with Gasteiger partial charge in [-0.15, -0.1) is 11.8 Å². The van der Waals surface area contributed by atoms with Gasteiger partial charge in [-0.25, -0.2) is 0 Å². The number of rotatable bonds is 16. The van der Waals surface area contributed by atoms with E-state index in [0.717, 1.165) is 17.1 Å². The monoisotopic (exact) mass is 642 g/mol. The Labute approximate surface area is 282 Å². The first-order valence-corrected chi connectivity index (χ1v) is 18.0. The Morgan fingerprint density at radius 3 is 1.51 bits per heavy atom. The molecule has 0 atom stereocenters. The molecule has 5 aromatic carbocycles. The maximum Gasteiger partial charge on any atom is 0.198 e. The molecular formula is C42H42O4S. The third kappa shape index (κ3) is 7.63. The molecule has 0 aliphatic heterocycles. The number of ether oxygens (including phenoxy) is 2. The summed E-state index contributed by atoms with van der Waals surface area (Å²) in [5, 5.41) is 1.41. The molecule has 4 nitrogen and oxygen atoms in total. The molecule has 5 heteroatoms. The van der Waals surface area contributed by atoms with Crippen LogP contribution < -0.4 is 9.47 Å². The average molecular weight is 643 g/mol. The summed E-state index contributed by atoms with van der Waals surface area (Å²) in [7, 11) is 0. The summed E-state index contributed by atoms with van der Waals surface area (Å²) in [6.07, 6.45) is 13.0. The number of para-hydroxylation sites is 2. The number of hydrogen-bond donors (Lipinski definition) is 0. The minimum Gasteiger partial charge on any atom is -0.456 e. The van der Waals surface area contributed by atoms with Crippen LogP contribution in [0.3, 0.4) is 0 Å². The lowest BCUT2D eigenvalue weighted by Crippen LogP contribution is -2.23. The second-order valence-electron chi connectivity index (χ2n) is 12.2. The molecule has 240 valence electrons. The van der Waals surface area contributed by atoms with Crippen LogP contribution in [0.5, 0.6) is 23.0 Å². The Morgan fingerprint density at radius 1 is 0.511 bits per heavy atom. The maximum atomic E-state index is 14.5. The number of carbonyl (C=O) groups excluding carboxylic acids is 2. The fraction of sp³-hybridized carbons (Fsp3) is 0.286. The maximum absolute atomic E-state index is 14.5. The predicted octanol–water partition coefficient (Wildman–Crippen LogP) is 12.2. The molecule has 1 aliphatic carbocycles. The van der Waals surface area contributed by atoms with Gasteiger partial charge in [0.15, 0.2) is 11.6 Å². The lowest BCUT2D eigenvalue weighted by Gasteiger charge is -2.25. The van der Waals surface area contributed by atoms with Gasteiger partial charge in [-0.3, -0.25) is 9.59 Å². The Kier molecular flexibility index (Phi) is 11.1. The van der Waals surface area contributed by atoms with Crippen LogP contribution in [0.2, 0.25) is 0 Å². The van der Waals surface area contributed by atoms with Crippen molar-refractivity contribution in [2.24, 2.45) is 0 Å². The van der Waals surface area contributed by atoms with Crippen LogP contribution in [0, 0.1) is 0 Å². The van der Waals surface area contributed by atoms with E-state index >= 15 is 0 Å². The van der Waals surface area contributed by atoms with Crippen molar-refractivity contribution in [3.05, 3.63) is 125 Å². The van der Waals surface area contributed by atoms with Gasteiger partial charge in [0.1, 0.15) is 23.0 Å². The number of benzene rings is 5. The molecule has 0 radical (unpaired) electrons. The van der Waals surface area contributed by atoms with E-state index in [9.17, 15) is 9.59 Å². The summed E-state index contributed by atoms with van der Waals surface area (Å²) >= 11 is 1.75. The third-order valence-electron chi connectivity index (χ3n) is 8.75. The van der Waals surface area contributed by atoms with Crippen molar-refractivity contribution in [3.63, 3.8) is 0 Å². The van der Waals surface area contributed by atoms with Gasteiger partial charge in [0.25, 0.3) is 0 Å². The van der Waals surface area contributed by atoms with Gasteiger partial charge in [0, 0.05) is 26.8 Å². The molecule has 0 saturated carbocycles. The third-order valence-corrected chi connectivity index (χ3v) is 9.83. The highest BCUT2D eigenvalue weighted by Crippen LogP contribution is 2.48. The summed E-state index contributed by atoms with van der Waals surface area (Å²) in [5.41, 5.74) is 1.29. The Balaban J connectivity index is 1.27. The summed E-state index contributed by atoms with van der Waals surface area (Å²) in [5.74, 6) is 2.42. The van der Waals surface area contributed by atoms with E-state index < -0.39 is 0 Å². The fourth-order valence-corrected chi connectivity index (χ4v) is 7.23. The lowest BCUT2D eigenvalue weighted by atomic mass is 9.81. The van der Waals surface area contributed by atoms with E-state index in [1.54, 1.807) is 17.8 Å². The number of ketones is 2. The minimum absolute atomic E-state index is 0.231. The second kappa shape index (κ2) is 16.0. The average Bonchev–Trinajstić information content (AvgIpc) is 3.11. The van der Waals surface area contributed by atoms with Gasteiger partial charge >= 0.3 is 0 Å². The van der Waals surface area contributed by atoms with Crippen molar-refractivity contribution in [2.45, 2.75) is 76.0 Å². The zero-order chi connectivity index (χ0) is 32.4. The molecular weight excluding hydrogens is 601 g/mol. The molecule has 0 spiro atoms. The zero-order valence-corrected chi connectivity index (χ0v) is 28.0. The second-order valence-corrected chi connectivity index (χ2v) is 13.3. The first-order valence-electron chi connectivity index (χ1n) is 17.1. The molecule has 6 rings (SSSR count). The highest BCUT2D eigenvalue weighted by atomic mass is 32.2. The largest absolute Gasteiger partial charge is 0.456 e. The van der Waals surface area contributed by atoms with E-state index in [-0.39, 0.29) is 22.7 Å². The van der Waals surface area contributed by atoms with E-state index in [0.29, 0.717) is 44.9 Å². The topological polar surface area (TPSA) is 52.6 Å². The van der Waals surface area contributed by atoms with Crippen LogP contribution >= 0.6 is 11.8 Å². The molecule has 0 bridgehead atoms. The SMILES string of the molecule is CCCCCCCCCCCCSc1ccc2c(c1)C(=O)c1c(c(Oc3ccccc3)c3ccccc3c1Oc1ccccc1)C2=O. The van der Waals surface area contributed by atoms with Gasteiger partial charge in [0.05, 0.1) is 11.1 Å². The highest BCUT2D eigenvalue weighted by molar-refractivity contribution is 7.99. The summed E-state index contributed by atoms with van der Waals surface area (Å²) in [6, 6.07) is 32.0. The van der Waals surface area contributed by atoms with Crippen molar-refractivity contribution < 1.29 is 19.1 Å². The van der Waals surface area contributed by atoms with Crippen LogP contribution in [0.4, 0.5) is 0 Å². The first-order chi connectivity index (χ1) is 23.2. The van der Waals surface area contributed by atoms with E-state index in [2.05, 4.69) is 6.92 Å². The number of carbonyl (C=O) groups is 2. The molecule has 5 aromatic rings. The van der Waals surface area contributed by atoms with Crippen molar-refractivity contribution >= 4 is 34.1 Å². The van der Waals surface area contributed by atoms with Crippen LogP contribution in [-0.2, 0) is 0 Å². The number of fused-ring (bicyclic) bond motifs is 3. The molecule has 0 fully saturated rings. The van der Waals surface area contributed by atoms with Crippen molar-refractivity contribution in [1.29, 1.82) is 0 Å². The van der Waals surface area contributed by atoms with Gasteiger partial charge in [-0.05, 0) is 54.6 Å². The first kappa shape index (κ1) is 32.6. The normalized spacial score (nSPS) is 12.2. The Morgan fingerprint density at radius 2 is 0.979 bits per heavy atom. The quantitative estimate of drug-likeness (QED) is 0.0776. The number of unbranched alkanes of at least 4 members (excludes halogenated alkanes) is 9. The number of thioether (sulfide) groups is 1. The van der Waals surface area contributed by atoms with Gasteiger partial charge in [0.2, 0.25) is 0 Å². The molecule has 0 aromatic heterocycles. The smallest absolute Gasteiger partial charge is 0.198 e. The molecule has 0 unspecified atom stereocenters. The van der Waals surface area contributed by atoms with Crippen LogP contribution in [0.25, 0.3) is 10.8 Å². The van der Waals surface area contributed by atoms with Crippen LogP contribution in [0.15, 0.2) is 108 Å². The standard InChI is InChI=1S/C42H42O4S/c1-2-3-4-5-6-7-8-9-10-19-28-47-32-26-27-33-36(29-32)40(44)38-37(39(33)43)41(45-30-20-13-11-14-21-30)34-24-17-18-25-35(34)42(38)46-31-22-15-12-16-23-31/h11-18,20-27,29H,2-10,19,28H2,1H3. The minimum atomic E-state index is -0.240. The molecule has 0 amide bonds. The highest BCUT2D eigenvalue weighted by Gasteiger charge is 2.38. The molecule has 47 heavy (non-hydrogen) atoms. The van der Waals surface area contributed by atoms with Crippen LogP contribution in [0.1, 0.15) is 103 Å². The Hall–Kier alpha value is -4.35. The van der Waals surface area contributed by atoms with Crippen molar-refractivity contribution in [1.82, 2.24) is 0 Å². The zero-order valence-electron chi connectivity index (χ0n) is 27.1. The Bertz CT molecular complexity index is 1830. The summed E-state index contributed by atoms with van der Waals surface area (Å²) in [6.45, 7) is 2.26. The molecule has 0 saturated heterocycles. The van der Waals surface area contributed by atoms with E-state index in [1.165, 1.54) is 57.8 Å². The summed E-state index contributed by atoms with van der Waals surface area (Å²) < 4.78 is 12.9. The van der Waals surface area contributed by atoms with E-state index in [4.69, 9.17) is 9.47 Å². The van der Waals surface area contributed by atoms with Gasteiger partial charge in [-0.1, -0.05) is 125 Å². The molecule has 1 aliphatic rings. The van der Waals surface area contributed by atoms with Gasteiger partial charge < -0.3 is 9.47 Å². The lowest BCUT2D eigenvalue weighted by molar-refractivity contribution is 0.0975. The number of hydrogen-bond acceptors (Lipinski definition) is 5. The summed E-state index contributed by atoms with van der Waals surface area (Å²) in [4.78, 5) is 29.9. The fourth-order valence-electron chi connectivity index (χ4n) is 6.28. The van der Waals surface area contributed by atoms with Gasteiger partial charge in [-0.2, -0.15) is 0 Å².